The fraction of sp³-hybridized carbons (Fsp3) is 0.438. The Morgan fingerprint density at radius 1 is 1.26 bits per heavy atom. The van der Waals surface area contributed by atoms with Gasteiger partial charge in [-0.2, -0.15) is 0 Å². The number of amides is 1. The molecule has 0 aromatic heterocycles. The normalized spacial score (nSPS) is 24.2. The summed E-state index contributed by atoms with van der Waals surface area (Å²) in [5.41, 5.74) is 6.42. The number of benzene rings is 1. The number of nitrogens with two attached hydrogens (primary N) is 1. The number of ether oxygens (including phenoxy) is 1. The maximum absolute atomic E-state index is 10.8. The van der Waals surface area contributed by atoms with E-state index in [-0.39, 0.29) is 5.92 Å². The van der Waals surface area contributed by atoms with Crippen LogP contribution in [0.25, 0.3) is 0 Å². The lowest BCUT2D eigenvalue weighted by atomic mass is 9.77. The van der Waals surface area contributed by atoms with Gasteiger partial charge in [0, 0.05) is 5.92 Å². The van der Waals surface area contributed by atoms with E-state index in [2.05, 4.69) is 30.2 Å². The van der Waals surface area contributed by atoms with Crippen molar-refractivity contribution >= 4 is 6.09 Å². The van der Waals surface area contributed by atoms with Crippen LogP contribution in [0.3, 0.4) is 0 Å². The van der Waals surface area contributed by atoms with Crippen LogP contribution in [0.4, 0.5) is 4.79 Å². The lowest BCUT2D eigenvalue weighted by Crippen LogP contribution is -2.30. The predicted molar refractivity (Wildman–Crippen MR) is 74.4 cm³/mol. The summed E-state index contributed by atoms with van der Waals surface area (Å²) in [6.07, 6.45) is 8.26. The standard InChI is InChI=1S/C16H19NO2/c1-2-15(19-16(17)18)14-10-8-13(9-11-14)12-6-4-3-5-7-12/h1,3-7,13-15H,8-11H2,(H2,17,18). The van der Waals surface area contributed by atoms with E-state index in [1.54, 1.807) is 0 Å². The number of carbonyl (C=O) groups excluding carboxylic acids is 1. The molecule has 19 heavy (non-hydrogen) atoms. The van der Waals surface area contributed by atoms with Crippen LogP contribution in [0.2, 0.25) is 0 Å². The average Bonchev–Trinajstić information content (AvgIpc) is 2.46. The summed E-state index contributed by atoms with van der Waals surface area (Å²) in [7, 11) is 0. The van der Waals surface area contributed by atoms with E-state index >= 15 is 0 Å². The highest BCUT2D eigenvalue weighted by molar-refractivity contribution is 5.65. The average molecular weight is 257 g/mol. The van der Waals surface area contributed by atoms with Crippen molar-refractivity contribution in [2.75, 3.05) is 0 Å². The highest BCUT2D eigenvalue weighted by Gasteiger charge is 2.29. The van der Waals surface area contributed by atoms with Gasteiger partial charge in [0.15, 0.2) is 6.10 Å². The molecule has 0 heterocycles. The molecular weight excluding hydrogens is 238 g/mol. The molecular formula is C16H19NO2. The summed E-state index contributed by atoms with van der Waals surface area (Å²) in [5, 5.41) is 0. The van der Waals surface area contributed by atoms with Gasteiger partial charge >= 0.3 is 6.09 Å². The van der Waals surface area contributed by atoms with Gasteiger partial charge in [0.1, 0.15) is 0 Å². The number of rotatable bonds is 3. The number of terminal acetylenes is 1. The first kappa shape index (κ1) is 13.5. The van der Waals surface area contributed by atoms with Crippen molar-refractivity contribution < 1.29 is 9.53 Å². The van der Waals surface area contributed by atoms with Crippen LogP contribution < -0.4 is 5.73 Å². The van der Waals surface area contributed by atoms with E-state index in [1.807, 2.05) is 6.07 Å². The summed E-state index contributed by atoms with van der Waals surface area (Å²) in [5.74, 6) is 3.36. The minimum atomic E-state index is -0.784. The Hall–Kier alpha value is -1.95. The smallest absolute Gasteiger partial charge is 0.405 e. The van der Waals surface area contributed by atoms with E-state index in [4.69, 9.17) is 16.9 Å². The maximum atomic E-state index is 10.8. The Labute approximate surface area is 114 Å². The SMILES string of the molecule is C#CC(OC(N)=O)C1CCC(c2ccccc2)CC1. The minimum Gasteiger partial charge on any atom is -0.433 e. The Bertz CT molecular complexity index is 455. The molecule has 0 aliphatic heterocycles. The molecule has 100 valence electrons. The van der Waals surface area contributed by atoms with Gasteiger partial charge in [0.05, 0.1) is 0 Å². The summed E-state index contributed by atoms with van der Waals surface area (Å²) in [4.78, 5) is 10.8. The van der Waals surface area contributed by atoms with E-state index in [0.29, 0.717) is 5.92 Å². The van der Waals surface area contributed by atoms with Crippen LogP contribution >= 0.6 is 0 Å². The van der Waals surface area contributed by atoms with Gasteiger partial charge in [0.2, 0.25) is 0 Å². The molecule has 0 saturated heterocycles. The number of hydrogen-bond donors (Lipinski definition) is 1. The van der Waals surface area contributed by atoms with Crippen molar-refractivity contribution in [2.24, 2.45) is 11.7 Å². The maximum Gasteiger partial charge on any atom is 0.405 e. The minimum absolute atomic E-state index is 0.234. The van der Waals surface area contributed by atoms with Gasteiger partial charge in [-0.3, -0.25) is 0 Å². The first-order valence-electron chi connectivity index (χ1n) is 6.68. The molecule has 1 aromatic rings. The highest BCUT2D eigenvalue weighted by Crippen LogP contribution is 2.37. The first-order valence-corrected chi connectivity index (χ1v) is 6.68. The van der Waals surface area contributed by atoms with Crippen molar-refractivity contribution in [2.45, 2.75) is 37.7 Å². The topological polar surface area (TPSA) is 52.3 Å². The van der Waals surface area contributed by atoms with Gasteiger partial charge in [-0.1, -0.05) is 36.3 Å². The molecule has 0 radical (unpaired) electrons. The van der Waals surface area contributed by atoms with Crippen LogP contribution in [0.1, 0.15) is 37.2 Å². The van der Waals surface area contributed by atoms with E-state index in [1.165, 1.54) is 5.56 Å². The van der Waals surface area contributed by atoms with Gasteiger partial charge in [0.25, 0.3) is 0 Å². The van der Waals surface area contributed by atoms with Crippen molar-refractivity contribution in [3.05, 3.63) is 35.9 Å². The molecule has 0 spiro atoms. The van der Waals surface area contributed by atoms with Crippen molar-refractivity contribution in [1.29, 1.82) is 0 Å². The predicted octanol–water partition coefficient (Wildman–Crippen LogP) is 3.06. The van der Waals surface area contributed by atoms with Crippen molar-refractivity contribution in [3.63, 3.8) is 0 Å². The number of hydrogen-bond acceptors (Lipinski definition) is 2. The Morgan fingerprint density at radius 3 is 2.42 bits per heavy atom. The van der Waals surface area contributed by atoms with Crippen LogP contribution in [0.15, 0.2) is 30.3 Å². The largest absolute Gasteiger partial charge is 0.433 e. The molecule has 1 atom stereocenters. The quantitative estimate of drug-likeness (QED) is 0.846. The molecule has 1 amide bonds. The second kappa shape index (κ2) is 6.29. The Kier molecular flexibility index (Phi) is 4.46. The molecule has 1 saturated carbocycles. The van der Waals surface area contributed by atoms with Crippen LogP contribution in [0, 0.1) is 18.3 Å². The third-order valence-corrected chi connectivity index (χ3v) is 3.88. The summed E-state index contributed by atoms with van der Waals surface area (Å²) in [6, 6.07) is 10.5. The van der Waals surface area contributed by atoms with Gasteiger partial charge in [-0.15, -0.1) is 6.42 Å². The lowest BCUT2D eigenvalue weighted by molar-refractivity contribution is 0.0857. The second-order valence-electron chi connectivity index (χ2n) is 5.05. The van der Waals surface area contributed by atoms with Gasteiger partial charge in [-0.25, -0.2) is 4.79 Å². The molecule has 3 nitrogen and oxygen atoms in total. The van der Waals surface area contributed by atoms with Gasteiger partial charge < -0.3 is 10.5 Å². The van der Waals surface area contributed by atoms with E-state index < -0.39 is 12.2 Å². The van der Waals surface area contributed by atoms with Crippen LogP contribution in [-0.4, -0.2) is 12.2 Å². The fourth-order valence-corrected chi connectivity index (χ4v) is 2.87. The molecule has 1 unspecified atom stereocenters. The van der Waals surface area contributed by atoms with Gasteiger partial charge in [-0.05, 0) is 37.2 Å². The Morgan fingerprint density at radius 2 is 1.89 bits per heavy atom. The monoisotopic (exact) mass is 257 g/mol. The van der Waals surface area contributed by atoms with E-state index in [9.17, 15) is 4.79 Å². The van der Waals surface area contributed by atoms with Crippen molar-refractivity contribution in [1.82, 2.24) is 0 Å². The molecule has 2 rings (SSSR count). The number of primary amides is 1. The molecule has 3 heteroatoms. The fourth-order valence-electron chi connectivity index (χ4n) is 2.87. The summed E-state index contributed by atoms with van der Waals surface area (Å²) in [6.45, 7) is 0. The molecule has 2 N–H and O–H groups in total. The molecule has 1 aromatic carbocycles. The molecule has 1 aliphatic carbocycles. The number of carbonyl (C=O) groups is 1. The Balaban J connectivity index is 1.92. The third-order valence-electron chi connectivity index (χ3n) is 3.88. The summed E-state index contributed by atoms with van der Waals surface area (Å²) >= 11 is 0. The van der Waals surface area contributed by atoms with Crippen molar-refractivity contribution in [3.8, 4) is 12.3 Å². The first-order chi connectivity index (χ1) is 9.20. The second-order valence-corrected chi connectivity index (χ2v) is 5.05. The molecule has 1 aliphatic rings. The van der Waals surface area contributed by atoms with Crippen LogP contribution in [-0.2, 0) is 4.74 Å². The molecule has 1 fully saturated rings. The lowest BCUT2D eigenvalue weighted by Gasteiger charge is -2.31. The zero-order chi connectivity index (χ0) is 13.7. The van der Waals surface area contributed by atoms with E-state index in [0.717, 1.165) is 25.7 Å². The molecule has 0 bridgehead atoms. The zero-order valence-corrected chi connectivity index (χ0v) is 10.9. The zero-order valence-electron chi connectivity index (χ0n) is 10.9. The van der Waals surface area contributed by atoms with Crippen LogP contribution in [0.5, 0.6) is 0 Å². The summed E-state index contributed by atoms with van der Waals surface area (Å²) < 4.78 is 4.98. The third kappa shape index (κ3) is 3.51. The highest BCUT2D eigenvalue weighted by atomic mass is 16.6.